The maximum Gasteiger partial charge on any atom is 0.249 e. The number of carbonyl (C=O) groups excluding carboxylic acids is 2. The quantitative estimate of drug-likeness (QED) is 0.841. The third kappa shape index (κ3) is 2.82. The number of Topliss-reactive ketones (excluding diaryl/α,β-unsaturated/α-hetero) is 1. The molecule has 1 atom stereocenters. The number of nitrogens with one attached hydrogen (secondary N) is 1. The van der Waals surface area contributed by atoms with Crippen molar-refractivity contribution in [1.29, 1.82) is 5.26 Å². The zero-order valence-electron chi connectivity index (χ0n) is 11.1. The van der Waals surface area contributed by atoms with Gasteiger partial charge in [0.25, 0.3) is 0 Å². The monoisotopic (exact) mass is 256 g/mol. The van der Waals surface area contributed by atoms with Crippen LogP contribution in [0.5, 0.6) is 0 Å². The summed E-state index contributed by atoms with van der Waals surface area (Å²) in [5.74, 6) is -2.25. The highest BCUT2D eigenvalue weighted by atomic mass is 16.2. The number of carbonyl (C=O) groups is 2. The second kappa shape index (κ2) is 4.85. The van der Waals surface area contributed by atoms with Crippen LogP contribution in [0, 0.1) is 17.2 Å². The molecule has 1 fully saturated rings. The molecule has 0 spiro atoms. The standard InChI is InChI=1S/C15H16N2O2/c1-10(18)13(9-16)14(19)17-12-5-3-11(4-6-12)15(2)7-8-15/h3-6,13H,7-8H2,1-2H3,(H,17,19). The van der Waals surface area contributed by atoms with Crippen LogP contribution >= 0.6 is 0 Å². The Labute approximate surface area is 112 Å². The molecule has 1 amide bonds. The smallest absolute Gasteiger partial charge is 0.249 e. The van der Waals surface area contributed by atoms with E-state index in [9.17, 15) is 9.59 Å². The van der Waals surface area contributed by atoms with Crippen molar-refractivity contribution in [3.05, 3.63) is 29.8 Å². The number of nitrogens with zero attached hydrogens (tertiary/aromatic N) is 1. The first kappa shape index (κ1) is 13.3. The summed E-state index contributed by atoms with van der Waals surface area (Å²) < 4.78 is 0. The number of benzene rings is 1. The van der Waals surface area contributed by atoms with Gasteiger partial charge in [-0.25, -0.2) is 0 Å². The molecule has 4 nitrogen and oxygen atoms in total. The molecule has 2 rings (SSSR count). The second-order valence-corrected chi connectivity index (χ2v) is 5.30. The van der Waals surface area contributed by atoms with E-state index < -0.39 is 17.6 Å². The molecule has 0 bridgehead atoms. The van der Waals surface area contributed by atoms with Gasteiger partial charge in [-0.3, -0.25) is 9.59 Å². The first-order chi connectivity index (χ1) is 8.96. The van der Waals surface area contributed by atoms with E-state index >= 15 is 0 Å². The van der Waals surface area contributed by atoms with Crippen LogP contribution in [0.4, 0.5) is 5.69 Å². The molecule has 0 aromatic heterocycles. The van der Waals surface area contributed by atoms with Crippen LogP contribution in [0.3, 0.4) is 0 Å². The van der Waals surface area contributed by atoms with Crippen LogP contribution in [0.15, 0.2) is 24.3 Å². The molecule has 98 valence electrons. The van der Waals surface area contributed by atoms with Gasteiger partial charge in [-0.2, -0.15) is 5.26 Å². The van der Waals surface area contributed by atoms with Gasteiger partial charge in [-0.15, -0.1) is 0 Å². The summed E-state index contributed by atoms with van der Waals surface area (Å²) in [7, 11) is 0. The third-order valence-electron chi connectivity index (χ3n) is 3.65. The normalized spacial score (nSPS) is 17.1. The highest BCUT2D eigenvalue weighted by molar-refractivity contribution is 6.08. The van der Waals surface area contributed by atoms with Gasteiger partial charge in [-0.05, 0) is 42.9 Å². The van der Waals surface area contributed by atoms with Gasteiger partial charge in [0.05, 0.1) is 6.07 Å². The minimum absolute atomic E-state index is 0.289. The molecule has 1 saturated carbocycles. The lowest BCUT2D eigenvalue weighted by atomic mass is 9.98. The summed E-state index contributed by atoms with van der Waals surface area (Å²) in [6.07, 6.45) is 2.39. The first-order valence-electron chi connectivity index (χ1n) is 6.28. The topological polar surface area (TPSA) is 70.0 Å². The molecule has 0 radical (unpaired) electrons. The largest absolute Gasteiger partial charge is 0.325 e. The van der Waals surface area contributed by atoms with Gasteiger partial charge in [0, 0.05) is 5.69 Å². The van der Waals surface area contributed by atoms with Crippen LogP contribution in [-0.2, 0) is 15.0 Å². The molecular formula is C15H16N2O2. The van der Waals surface area contributed by atoms with Gasteiger partial charge in [0.15, 0.2) is 11.7 Å². The molecule has 1 aliphatic rings. The predicted molar refractivity (Wildman–Crippen MR) is 71.4 cm³/mol. The Morgan fingerprint density at radius 3 is 2.32 bits per heavy atom. The fourth-order valence-corrected chi connectivity index (χ4v) is 1.98. The van der Waals surface area contributed by atoms with Crippen LogP contribution in [0.25, 0.3) is 0 Å². The SMILES string of the molecule is CC(=O)C(C#N)C(=O)Nc1ccc(C2(C)CC2)cc1. The van der Waals surface area contributed by atoms with Crippen LogP contribution < -0.4 is 5.32 Å². The van der Waals surface area contributed by atoms with Crippen LogP contribution in [0.2, 0.25) is 0 Å². The van der Waals surface area contributed by atoms with Gasteiger partial charge in [-0.1, -0.05) is 19.1 Å². The molecule has 4 heteroatoms. The van der Waals surface area contributed by atoms with Crippen molar-refractivity contribution < 1.29 is 9.59 Å². The van der Waals surface area contributed by atoms with E-state index in [4.69, 9.17) is 5.26 Å². The number of amides is 1. The summed E-state index contributed by atoms with van der Waals surface area (Å²) in [4.78, 5) is 22.8. The Hall–Kier alpha value is -2.15. The van der Waals surface area contributed by atoms with Gasteiger partial charge in [0.1, 0.15) is 0 Å². The number of ketones is 1. The zero-order chi connectivity index (χ0) is 14.0. The van der Waals surface area contributed by atoms with E-state index in [2.05, 4.69) is 12.2 Å². The van der Waals surface area contributed by atoms with Gasteiger partial charge < -0.3 is 5.32 Å². The average Bonchev–Trinajstić information content (AvgIpc) is 3.09. The van der Waals surface area contributed by atoms with Gasteiger partial charge >= 0.3 is 0 Å². The van der Waals surface area contributed by atoms with Crippen molar-refractivity contribution >= 4 is 17.4 Å². The molecule has 0 heterocycles. The Kier molecular flexibility index (Phi) is 3.39. The fourth-order valence-electron chi connectivity index (χ4n) is 1.98. The van der Waals surface area contributed by atoms with Crippen molar-refractivity contribution in [2.24, 2.45) is 5.92 Å². The molecule has 1 unspecified atom stereocenters. The first-order valence-corrected chi connectivity index (χ1v) is 6.28. The molecular weight excluding hydrogens is 240 g/mol. The molecule has 1 aliphatic carbocycles. The van der Waals surface area contributed by atoms with Crippen molar-refractivity contribution in [2.75, 3.05) is 5.32 Å². The van der Waals surface area contributed by atoms with E-state index in [1.807, 2.05) is 24.3 Å². The maximum atomic E-state index is 11.7. The van der Waals surface area contributed by atoms with E-state index in [1.54, 1.807) is 6.07 Å². The summed E-state index contributed by atoms with van der Waals surface area (Å²) in [5, 5.41) is 11.4. The Bertz CT molecular complexity index is 551. The van der Waals surface area contributed by atoms with E-state index in [0.29, 0.717) is 5.69 Å². The second-order valence-electron chi connectivity index (χ2n) is 5.30. The van der Waals surface area contributed by atoms with Crippen molar-refractivity contribution in [2.45, 2.75) is 32.1 Å². The molecule has 1 aromatic rings. The van der Waals surface area contributed by atoms with Crippen molar-refractivity contribution in [1.82, 2.24) is 0 Å². The fraction of sp³-hybridized carbons (Fsp3) is 0.400. The highest BCUT2D eigenvalue weighted by Crippen LogP contribution is 2.47. The van der Waals surface area contributed by atoms with Crippen LogP contribution in [0.1, 0.15) is 32.3 Å². The van der Waals surface area contributed by atoms with E-state index in [0.717, 1.165) is 0 Å². The van der Waals surface area contributed by atoms with Crippen molar-refractivity contribution in [3.63, 3.8) is 0 Å². The molecule has 1 N–H and O–H groups in total. The minimum atomic E-state index is -1.24. The Balaban J connectivity index is 2.06. The summed E-state index contributed by atoms with van der Waals surface area (Å²) in [5.41, 5.74) is 2.16. The maximum absolute atomic E-state index is 11.7. The minimum Gasteiger partial charge on any atom is -0.325 e. The zero-order valence-corrected chi connectivity index (χ0v) is 11.1. The highest BCUT2D eigenvalue weighted by Gasteiger charge is 2.38. The number of hydrogen-bond acceptors (Lipinski definition) is 3. The summed E-state index contributed by atoms with van der Waals surface area (Å²) in [6.45, 7) is 3.45. The average molecular weight is 256 g/mol. The summed E-state index contributed by atoms with van der Waals surface area (Å²) in [6, 6.07) is 9.30. The Morgan fingerprint density at radius 1 is 1.32 bits per heavy atom. The van der Waals surface area contributed by atoms with Gasteiger partial charge in [0.2, 0.25) is 5.91 Å². The lowest BCUT2D eigenvalue weighted by Gasteiger charge is -2.11. The number of hydrogen-bond donors (Lipinski definition) is 1. The molecule has 0 aliphatic heterocycles. The molecule has 19 heavy (non-hydrogen) atoms. The number of nitriles is 1. The lowest BCUT2D eigenvalue weighted by Crippen LogP contribution is -2.26. The molecule has 0 saturated heterocycles. The van der Waals surface area contributed by atoms with E-state index in [-0.39, 0.29) is 5.41 Å². The lowest BCUT2D eigenvalue weighted by molar-refractivity contribution is -0.127. The number of anilines is 1. The molecule has 1 aromatic carbocycles. The summed E-state index contributed by atoms with van der Waals surface area (Å²) >= 11 is 0. The van der Waals surface area contributed by atoms with Crippen LogP contribution in [-0.4, -0.2) is 11.7 Å². The van der Waals surface area contributed by atoms with Crippen molar-refractivity contribution in [3.8, 4) is 6.07 Å². The Morgan fingerprint density at radius 2 is 1.89 bits per heavy atom. The predicted octanol–water partition coefficient (Wildman–Crippen LogP) is 2.41. The third-order valence-corrected chi connectivity index (χ3v) is 3.65. The van der Waals surface area contributed by atoms with E-state index in [1.165, 1.54) is 25.3 Å². The number of rotatable bonds is 4.